The molecule has 0 heterocycles. The van der Waals surface area contributed by atoms with Gasteiger partial charge in [-0.15, -0.1) is 11.8 Å². The topological polar surface area (TPSA) is 55.1 Å². The van der Waals surface area contributed by atoms with Crippen LogP contribution >= 0.6 is 11.8 Å². The number of nitrogens with two attached hydrogens (primary N) is 1. The summed E-state index contributed by atoms with van der Waals surface area (Å²) in [5.74, 6) is 0.527. The second kappa shape index (κ2) is 5.41. The van der Waals surface area contributed by atoms with Gasteiger partial charge in [-0.1, -0.05) is 45.9 Å². The van der Waals surface area contributed by atoms with Crippen molar-refractivity contribution < 1.29 is 4.79 Å². The smallest absolute Gasteiger partial charge is 0.230 e. The lowest BCUT2D eigenvalue weighted by atomic mass is 9.48. The SMILES string of the molecule is CC1(C)C(N)C(C)(C)C1NC(=O)CSc1ccccc1. The van der Waals surface area contributed by atoms with E-state index in [-0.39, 0.29) is 28.8 Å². The summed E-state index contributed by atoms with van der Waals surface area (Å²) in [4.78, 5) is 13.2. The maximum atomic E-state index is 12.1. The van der Waals surface area contributed by atoms with Crippen LogP contribution in [0.25, 0.3) is 0 Å². The van der Waals surface area contributed by atoms with Crippen LogP contribution in [0.5, 0.6) is 0 Å². The molecule has 0 bridgehead atoms. The van der Waals surface area contributed by atoms with Crippen LogP contribution in [0.2, 0.25) is 0 Å². The van der Waals surface area contributed by atoms with Crippen molar-refractivity contribution in [2.24, 2.45) is 16.6 Å². The Morgan fingerprint density at radius 3 is 2.30 bits per heavy atom. The molecule has 1 amide bonds. The lowest BCUT2D eigenvalue weighted by Crippen LogP contribution is -2.76. The average molecular weight is 292 g/mol. The van der Waals surface area contributed by atoms with Crippen molar-refractivity contribution in [3.8, 4) is 0 Å². The first-order valence-electron chi connectivity index (χ1n) is 6.99. The molecule has 0 aromatic heterocycles. The van der Waals surface area contributed by atoms with E-state index in [1.165, 1.54) is 0 Å². The Hall–Kier alpha value is -1.00. The molecule has 0 unspecified atom stereocenters. The highest BCUT2D eigenvalue weighted by atomic mass is 32.2. The van der Waals surface area contributed by atoms with Gasteiger partial charge in [-0.05, 0) is 12.1 Å². The van der Waals surface area contributed by atoms with Crippen molar-refractivity contribution in [2.75, 3.05) is 5.75 Å². The number of benzene rings is 1. The number of hydrogen-bond acceptors (Lipinski definition) is 3. The van der Waals surface area contributed by atoms with E-state index in [0.717, 1.165) is 4.90 Å². The molecule has 1 aliphatic rings. The van der Waals surface area contributed by atoms with E-state index >= 15 is 0 Å². The summed E-state index contributed by atoms with van der Waals surface area (Å²) in [6.07, 6.45) is 0. The Bertz CT molecular complexity index is 469. The number of amides is 1. The van der Waals surface area contributed by atoms with Gasteiger partial charge in [0.25, 0.3) is 0 Å². The van der Waals surface area contributed by atoms with Crippen LogP contribution in [0, 0.1) is 10.8 Å². The maximum absolute atomic E-state index is 12.1. The summed E-state index contributed by atoms with van der Waals surface area (Å²) in [7, 11) is 0. The molecule has 1 saturated carbocycles. The van der Waals surface area contributed by atoms with E-state index in [1.807, 2.05) is 30.3 Å². The van der Waals surface area contributed by atoms with Crippen molar-refractivity contribution in [1.82, 2.24) is 5.32 Å². The minimum Gasteiger partial charge on any atom is -0.351 e. The van der Waals surface area contributed by atoms with Gasteiger partial charge in [0.2, 0.25) is 5.91 Å². The first-order valence-corrected chi connectivity index (χ1v) is 7.97. The highest BCUT2D eigenvalue weighted by Gasteiger charge is 2.60. The van der Waals surface area contributed by atoms with Crippen LogP contribution in [-0.4, -0.2) is 23.7 Å². The minimum atomic E-state index is -0.0451. The van der Waals surface area contributed by atoms with Crippen LogP contribution in [0.3, 0.4) is 0 Å². The van der Waals surface area contributed by atoms with Gasteiger partial charge < -0.3 is 11.1 Å². The van der Waals surface area contributed by atoms with Gasteiger partial charge in [0, 0.05) is 27.8 Å². The number of thioether (sulfide) groups is 1. The van der Waals surface area contributed by atoms with Crippen LogP contribution in [0.4, 0.5) is 0 Å². The van der Waals surface area contributed by atoms with E-state index in [9.17, 15) is 4.79 Å². The predicted molar refractivity (Wildman–Crippen MR) is 84.6 cm³/mol. The van der Waals surface area contributed by atoms with E-state index in [4.69, 9.17) is 5.73 Å². The fourth-order valence-electron chi connectivity index (χ4n) is 3.42. The maximum Gasteiger partial charge on any atom is 0.230 e. The largest absolute Gasteiger partial charge is 0.351 e. The van der Waals surface area contributed by atoms with Crippen molar-refractivity contribution in [3.05, 3.63) is 30.3 Å². The third-order valence-electron chi connectivity index (χ3n) is 4.51. The summed E-state index contributed by atoms with van der Waals surface area (Å²) >= 11 is 1.56. The molecule has 1 aliphatic carbocycles. The number of carbonyl (C=O) groups is 1. The van der Waals surface area contributed by atoms with Crippen molar-refractivity contribution in [2.45, 2.75) is 44.7 Å². The normalized spacial score (nSPS) is 26.6. The summed E-state index contributed by atoms with van der Waals surface area (Å²) in [5.41, 5.74) is 6.12. The molecule has 0 radical (unpaired) electrons. The fraction of sp³-hybridized carbons (Fsp3) is 0.562. The molecule has 1 aromatic rings. The van der Waals surface area contributed by atoms with Gasteiger partial charge >= 0.3 is 0 Å². The Morgan fingerprint density at radius 1 is 1.20 bits per heavy atom. The van der Waals surface area contributed by atoms with E-state index in [0.29, 0.717) is 5.75 Å². The van der Waals surface area contributed by atoms with Crippen LogP contribution < -0.4 is 11.1 Å². The zero-order valence-electron chi connectivity index (χ0n) is 12.6. The predicted octanol–water partition coefficient (Wildman–Crippen LogP) is 2.66. The summed E-state index contributed by atoms with van der Waals surface area (Å²) < 4.78 is 0. The molecular formula is C16H24N2OS. The molecule has 1 fully saturated rings. The average Bonchev–Trinajstić information content (AvgIpc) is 2.42. The van der Waals surface area contributed by atoms with Crippen LogP contribution in [0.15, 0.2) is 35.2 Å². The first-order chi connectivity index (χ1) is 9.26. The first kappa shape index (κ1) is 15.4. The molecule has 110 valence electrons. The molecular weight excluding hydrogens is 268 g/mol. The number of hydrogen-bond donors (Lipinski definition) is 2. The molecule has 4 heteroatoms. The summed E-state index contributed by atoms with van der Waals surface area (Å²) in [5, 5.41) is 3.16. The molecule has 0 aliphatic heterocycles. The lowest BCUT2D eigenvalue weighted by Gasteiger charge is -2.62. The van der Waals surface area contributed by atoms with Gasteiger partial charge in [-0.3, -0.25) is 4.79 Å². The highest BCUT2D eigenvalue weighted by Crippen LogP contribution is 2.52. The molecule has 1 aromatic carbocycles. The van der Waals surface area contributed by atoms with Crippen LogP contribution in [-0.2, 0) is 4.79 Å². The zero-order chi connectivity index (χ0) is 15.0. The number of carbonyl (C=O) groups excluding carboxylic acids is 1. The molecule has 20 heavy (non-hydrogen) atoms. The summed E-state index contributed by atoms with van der Waals surface area (Å²) in [6, 6.07) is 10.2. The van der Waals surface area contributed by atoms with E-state index in [2.05, 4.69) is 33.0 Å². The summed E-state index contributed by atoms with van der Waals surface area (Å²) in [6.45, 7) is 8.49. The zero-order valence-corrected chi connectivity index (χ0v) is 13.5. The van der Waals surface area contributed by atoms with Gasteiger partial charge in [-0.2, -0.15) is 0 Å². The second-order valence-corrected chi connectivity index (χ2v) is 7.77. The second-order valence-electron chi connectivity index (χ2n) is 6.72. The van der Waals surface area contributed by atoms with Crippen molar-refractivity contribution >= 4 is 17.7 Å². The Balaban J connectivity index is 1.89. The van der Waals surface area contributed by atoms with Crippen molar-refractivity contribution in [3.63, 3.8) is 0 Å². The quantitative estimate of drug-likeness (QED) is 0.839. The van der Waals surface area contributed by atoms with Gasteiger partial charge in [0.15, 0.2) is 0 Å². The van der Waals surface area contributed by atoms with Gasteiger partial charge in [0.1, 0.15) is 0 Å². The van der Waals surface area contributed by atoms with Gasteiger partial charge in [-0.25, -0.2) is 0 Å². The molecule has 0 spiro atoms. The minimum absolute atomic E-state index is 0.0451. The monoisotopic (exact) mass is 292 g/mol. The molecule has 0 saturated heterocycles. The van der Waals surface area contributed by atoms with Gasteiger partial charge in [0.05, 0.1) is 5.75 Å². The highest BCUT2D eigenvalue weighted by molar-refractivity contribution is 8.00. The number of nitrogens with one attached hydrogen (secondary N) is 1. The lowest BCUT2D eigenvalue weighted by molar-refractivity contribution is -0.129. The third-order valence-corrected chi connectivity index (χ3v) is 5.52. The molecule has 3 N–H and O–H groups in total. The third kappa shape index (κ3) is 2.72. The molecule has 2 rings (SSSR count). The van der Waals surface area contributed by atoms with E-state index in [1.54, 1.807) is 11.8 Å². The van der Waals surface area contributed by atoms with Crippen LogP contribution in [0.1, 0.15) is 27.7 Å². The Morgan fingerprint density at radius 2 is 1.75 bits per heavy atom. The Labute approximate surface area is 125 Å². The van der Waals surface area contributed by atoms with Crippen molar-refractivity contribution in [1.29, 1.82) is 0 Å². The van der Waals surface area contributed by atoms with E-state index < -0.39 is 0 Å². The molecule has 3 nitrogen and oxygen atoms in total. The standard InChI is InChI=1S/C16H24N2OS/c1-15(2)13(17)16(3,4)14(15)18-12(19)10-20-11-8-6-5-7-9-11/h5-9,13-14H,10,17H2,1-4H3,(H,18,19). The number of rotatable bonds is 4. The Kier molecular flexibility index (Phi) is 4.17. The fourth-order valence-corrected chi connectivity index (χ4v) is 4.15. The molecule has 0 atom stereocenters.